The maximum Gasteiger partial charge on any atom is 0.319 e. The van der Waals surface area contributed by atoms with E-state index in [1.54, 1.807) is 13.3 Å². The number of ether oxygens (including phenoxy) is 3. The van der Waals surface area contributed by atoms with Crippen molar-refractivity contribution >= 4 is 22.6 Å². The van der Waals surface area contributed by atoms with Gasteiger partial charge in [0.1, 0.15) is 18.1 Å². The number of methoxy groups -OCH3 is 1. The third-order valence-corrected chi connectivity index (χ3v) is 8.23. The molecule has 3 aromatic carbocycles. The van der Waals surface area contributed by atoms with E-state index < -0.39 is 0 Å². The monoisotopic (exact) mass is 610 g/mol. The number of carbonyl (C=O) groups is 1. The lowest BCUT2D eigenvalue weighted by molar-refractivity contribution is 0.153. The maximum atomic E-state index is 12.2. The fraction of sp³-hybridized carbons (Fsp3) is 0.405. The summed E-state index contributed by atoms with van der Waals surface area (Å²) in [5, 5.41) is 6.59. The molecule has 0 spiro atoms. The van der Waals surface area contributed by atoms with E-state index in [0.29, 0.717) is 41.8 Å². The van der Waals surface area contributed by atoms with Crippen LogP contribution >= 0.6 is 0 Å². The molecule has 0 aliphatic carbocycles. The van der Waals surface area contributed by atoms with Crippen molar-refractivity contribution in [1.29, 1.82) is 0 Å². The van der Waals surface area contributed by atoms with Gasteiger partial charge in [-0.15, -0.1) is 0 Å². The molecule has 8 nitrogen and oxygen atoms in total. The highest BCUT2D eigenvalue weighted by molar-refractivity contribution is 5.89. The lowest BCUT2D eigenvalue weighted by atomic mass is 9.90. The number of fused-ring (bicyclic) bond motifs is 1. The highest BCUT2D eigenvalue weighted by Gasteiger charge is 2.20. The molecule has 0 radical (unpaired) electrons. The molecular formula is C37H46N4O4. The number of hydrogen-bond acceptors (Lipinski definition) is 6. The smallest absolute Gasteiger partial charge is 0.319 e. The Balaban J connectivity index is 1.14. The number of hydrogen-bond donors (Lipinski definition) is 2. The van der Waals surface area contributed by atoms with E-state index in [0.717, 1.165) is 49.3 Å². The van der Waals surface area contributed by atoms with E-state index in [-0.39, 0.29) is 11.4 Å². The van der Waals surface area contributed by atoms with Crippen LogP contribution in [0.4, 0.5) is 10.5 Å². The van der Waals surface area contributed by atoms with Crippen molar-refractivity contribution in [3.05, 3.63) is 84.6 Å². The molecule has 4 aromatic rings. The van der Waals surface area contributed by atoms with Crippen LogP contribution < -0.4 is 24.8 Å². The van der Waals surface area contributed by atoms with Gasteiger partial charge < -0.3 is 24.8 Å². The molecule has 0 saturated carbocycles. The number of amides is 2. The third kappa shape index (κ3) is 9.59. The molecule has 238 valence electrons. The summed E-state index contributed by atoms with van der Waals surface area (Å²) < 4.78 is 18.1. The summed E-state index contributed by atoms with van der Waals surface area (Å²) in [6.07, 6.45) is 6.23. The molecule has 1 aliphatic heterocycles. The minimum Gasteiger partial charge on any atom is -0.493 e. The van der Waals surface area contributed by atoms with Crippen molar-refractivity contribution in [3.8, 4) is 23.0 Å². The van der Waals surface area contributed by atoms with Gasteiger partial charge in [0.05, 0.1) is 12.6 Å². The Kier molecular flexibility index (Phi) is 10.8. The van der Waals surface area contributed by atoms with Crippen LogP contribution in [0.2, 0.25) is 0 Å². The number of nitrogens with one attached hydrogen (secondary N) is 2. The van der Waals surface area contributed by atoms with Crippen molar-refractivity contribution < 1.29 is 19.0 Å². The van der Waals surface area contributed by atoms with Crippen LogP contribution in [0.1, 0.15) is 45.6 Å². The van der Waals surface area contributed by atoms with Crippen LogP contribution in [0.25, 0.3) is 10.9 Å². The summed E-state index contributed by atoms with van der Waals surface area (Å²) in [5.41, 5.74) is 3.05. The zero-order chi connectivity index (χ0) is 31.6. The fourth-order valence-corrected chi connectivity index (χ4v) is 5.60. The number of nitrogens with zero attached hydrogens (tertiary/aromatic N) is 2. The zero-order valence-corrected chi connectivity index (χ0v) is 27.0. The second-order valence-electron chi connectivity index (χ2n) is 13.0. The predicted molar refractivity (Wildman–Crippen MR) is 181 cm³/mol. The Morgan fingerprint density at radius 3 is 2.42 bits per heavy atom. The van der Waals surface area contributed by atoms with Crippen molar-refractivity contribution in [3.63, 3.8) is 0 Å². The Bertz CT molecular complexity index is 1530. The van der Waals surface area contributed by atoms with E-state index in [1.807, 2.05) is 42.5 Å². The lowest BCUT2D eigenvalue weighted by Crippen LogP contribution is -2.37. The first-order valence-corrected chi connectivity index (χ1v) is 15.9. The van der Waals surface area contributed by atoms with Crippen LogP contribution in [0, 0.1) is 11.3 Å². The van der Waals surface area contributed by atoms with Gasteiger partial charge in [-0.3, -0.25) is 9.88 Å². The van der Waals surface area contributed by atoms with Crippen LogP contribution in [0.5, 0.6) is 23.0 Å². The molecule has 1 aliphatic rings. The molecule has 1 fully saturated rings. The van der Waals surface area contributed by atoms with Crippen molar-refractivity contribution in [2.24, 2.45) is 11.3 Å². The Hall–Kier alpha value is -4.30. The summed E-state index contributed by atoms with van der Waals surface area (Å²) in [7, 11) is 1.65. The first-order valence-electron chi connectivity index (χ1n) is 15.9. The average Bonchev–Trinajstić information content (AvgIpc) is 3.02. The minimum absolute atomic E-state index is 0.169. The minimum atomic E-state index is -0.221. The van der Waals surface area contributed by atoms with Gasteiger partial charge in [-0.05, 0) is 92.1 Å². The largest absolute Gasteiger partial charge is 0.493 e. The first-order chi connectivity index (χ1) is 21.8. The van der Waals surface area contributed by atoms with Gasteiger partial charge >= 0.3 is 6.03 Å². The van der Waals surface area contributed by atoms with Gasteiger partial charge in [0, 0.05) is 36.4 Å². The molecule has 0 unspecified atom stereocenters. The van der Waals surface area contributed by atoms with E-state index in [4.69, 9.17) is 14.2 Å². The standard InChI is InChI=1S/C37H46N4O4/c1-37(2,3)17-19-39-36(42)40-29-10-12-30(13-11-29)45-33-14-18-38-32-26-35(34(43-4)25-31(32)33)44-23-22-41-20-15-28(16-21-41)24-27-8-6-5-7-9-27/h5-14,18,25-26,28H,15-17,19-24H2,1-4H3,(H2,39,40,42). The number of anilines is 1. The predicted octanol–water partition coefficient (Wildman–Crippen LogP) is 7.93. The van der Waals surface area contributed by atoms with E-state index in [1.165, 1.54) is 18.4 Å². The number of carbonyl (C=O) groups excluding carboxylic acids is 1. The fourth-order valence-electron chi connectivity index (χ4n) is 5.60. The zero-order valence-electron chi connectivity index (χ0n) is 27.0. The van der Waals surface area contributed by atoms with Crippen molar-refractivity contribution in [1.82, 2.24) is 15.2 Å². The topological polar surface area (TPSA) is 85.0 Å². The number of aromatic nitrogens is 1. The second-order valence-corrected chi connectivity index (χ2v) is 13.0. The number of benzene rings is 3. The Morgan fingerprint density at radius 2 is 1.71 bits per heavy atom. The van der Waals surface area contributed by atoms with Gasteiger partial charge in [0.15, 0.2) is 11.5 Å². The van der Waals surface area contributed by atoms with E-state index in [2.05, 4.69) is 71.6 Å². The SMILES string of the molecule is COc1cc2c(Oc3ccc(NC(=O)NCCC(C)(C)C)cc3)ccnc2cc1OCCN1CCC(Cc2ccccc2)CC1. The molecule has 2 amide bonds. The first kappa shape index (κ1) is 32.1. The average molecular weight is 611 g/mol. The summed E-state index contributed by atoms with van der Waals surface area (Å²) >= 11 is 0. The van der Waals surface area contributed by atoms with Gasteiger partial charge in [-0.2, -0.15) is 0 Å². The highest BCUT2D eigenvalue weighted by atomic mass is 16.5. The van der Waals surface area contributed by atoms with Crippen LogP contribution in [0.15, 0.2) is 79.0 Å². The molecule has 45 heavy (non-hydrogen) atoms. The number of likely N-dealkylation sites (tertiary alicyclic amines) is 1. The molecule has 8 heteroatoms. The van der Waals surface area contributed by atoms with Crippen molar-refractivity contribution in [2.75, 3.05) is 45.2 Å². The van der Waals surface area contributed by atoms with Gasteiger partial charge in [0.25, 0.3) is 0 Å². The van der Waals surface area contributed by atoms with Gasteiger partial charge in [0.2, 0.25) is 0 Å². The third-order valence-electron chi connectivity index (χ3n) is 8.23. The number of piperidine rings is 1. The normalized spacial score (nSPS) is 14.2. The molecule has 0 atom stereocenters. The highest BCUT2D eigenvalue weighted by Crippen LogP contribution is 2.37. The Morgan fingerprint density at radius 1 is 0.956 bits per heavy atom. The second kappa shape index (κ2) is 15.1. The number of pyridine rings is 1. The van der Waals surface area contributed by atoms with Gasteiger partial charge in [-0.1, -0.05) is 51.1 Å². The summed E-state index contributed by atoms with van der Waals surface area (Å²) in [4.78, 5) is 19.3. The maximum absolute atomic E-state index is 12.2. The van der Waals surface area contributed by atoms with Gasteiger partial charge in [-0.25, -0.2) is 4.79 Å². The Labute approximate surface area is 267 Å². The van der Waals surface area contributed by atoms with E-state index >= 15 is 0 Å². The molecule has 1 saturated heterocycles. The molecule has 5 rings (SSSR count). The molecule has 2 N–H and O–H groups in total. The quantitative estimate of drug-likeness (QED) is 0.170. The molecule has 2 heterocycles. The van der Waals surface area contributed by atoms with Crippen LogP contribution in [0.3, 0.4) is 0 Å². The number of rotatable bonds is 12. The molecule has 1 aromatic heterocycles. The van der Waals surface area contributed by atoms with E-state index in [9.17, 15) is 4.79 Å². The molecular weight excluding hydrogens is 564 g/mol. The van der Waals surface area contributed by atoms with Crippen molar-refractivity contribution in [2.45, 2.75) is 46.5 Å². The number of urea groups is 1. The molecule has 0 bridgehead atoms. The summed E-state index contributed by atoms with van der Waals surface area (Å²) in [6, 6.07) is 23.5. The van der Waals surface area contributed by atoms with Crippen LogP contribution in [-0.4, -0.2) is 55.8 Å². The van der Waals surface area contributed by atoms with Crippen LogP contribution in [-0.2, 0) is 6.42 Å². The summed E-state index contributed by atoms with van der Waals surface area (Å²) in [6.45, 7) is 10.7. The summed E-state index contributed by atoms with van der Waals surface area (Å²) in [5.74, 6) is 3.36. The lowest BCUT2D eigenvalue weighted by Gasteiger charge is -2.32.